The van der Waals surface area contributed by atoms with Crippen molar-refractivity contribution < 1.29 is 18.3 Å². The highest BCUT2D eigenvalue weighted by Crippen LogP contribution is 2.27. The number of halogens is 3. The van der Waals surface area contributed by atoms with Gasteiger partial charge >= 0.3 is 0 Å². The topological polar surface area (TPSA) is 86.7 Å². The molecule has 3 aromatic carbocycles. The summed E-state index contributed by atoms with van der Waals surface area (Å²) >= 11 is 15.4. The Hall–Kier alpha value is -2.10. The number of hydrogen-bond acceptors (Lipinski definition) is 4. The van der Waals surface area contributed by atoms with E-state index in [2.05, 4.69) is 20.7 Å². The summed E-state index contributed by atoms with van der Waals surface area (Å²) in [6.07, 6.45) is 1.18. The Labute approximate surface area is 224 Å². The maximum atomic E-state index is 13.6. The molecular weight excluding hydrogens is 575 g/mol. The van der Waals surface area contributed by atoms with Crippen LogP contribution in [0.1, 0.15) is 35.7 Å². The molecule has 6 nitrogen and oxygen atoms in total. The van der Waals surface area contributed by atoms with Crippen molar-refractivity contribution in [3.63, 3.8) is 0 Å². The van der Waals surface area contributed by atoms with Crippen LogP contribution in [0.4, 0.5) is 5.69 Å². The maximum Gasteiger partial charge on any atom is 0.261 e. The molecule has 1 atom stereocenters. The molecule has 1 amide bonds. The van der Waals surface area contributed by atoms with Gasteiger partial charge in [-0.2, -0.15) is 0 Å². The number of carbonyl (C=O) groups excluding carboxylic acids is 1. The third-order valence-electron chi connectivity index (χ3n) is 5.43. The van der Waals surface area contributed by atoms with Crippen LogP contribution in [0.25, 0.3) is 0 Å². The zero-order valence-corrected chi connectivity index (χ0v) is 22.8. The summed E-state index contributed by atoms with van der Waals surface area (Å²) in [6.45, 7) is 2.32. The first-order valence-electron chi connectivity index (χ1n) is 10.9. The van der Waals surface area contributed by atoms with Gasteiger partial charge in [-0.25, -0.2) is 8.42 Å². The van der Waals surface area contributed by atoms with Crippen LogP contribution in [0.3, 0.4) is 0 Å². The highest BCUT2D eigenvalue weighted by atomic mass is 79.9. The lowest BCUT2D eigenvalue weighted by atomic mass is 10.1. The fraction of sp³-hybridized carbons (Fsp3) is 0.240. The second kappa shape index (κ2) is 12.2. The first kappa shape index (κ1) is 27.5. The molecule has 0 bridgehead atoms. The van der Waals surface area contributed by atoms with E-state index in [1.54, 1.807) is 23.1 Å². The zero-order valence-electron chi connectivity index (χ0n) is 18.9. The molecule has 35 heavy (non-hydrogen) atoms. The average molecular weight is 600 g/mol. The first-order valence-corrected chi connectivity index (χ1v) is 13.9. The number of aliphatic hydroxyl groups is 1. The molecule has 3 aromatic rings. The van der Waals surface area contributed by atoms with Crippen LogP contribution >= 0.6 is 39.1 Å². The van der Waals surface area contributed by atoms with Crippen molar-refractivity contribution in [1.29, 1.82) is 0 Å². The van der Waals surface area contributed by atoms with Gasteiger partial charge in [-0.15, -0.1) is 0 Å². The van der Waals surface area contributed by atoms with Gasteiger partial charge < -0.3 is 10.0 Å². The predicted molar refractivity (Wildman–Crippen MR) is 144 cm³/mol. The maximum absolute atomic E-state index is 13.6. The van der Waals surface area contributed by atoms with Crippen LogP contribution in [0.15, 0.2) is 76.1 Å². The third kappa shape index (κ3) is 7.21. The molecule has 2 N–H and O–H groups in total. The second-order valence-corrected chi connectivity index (χ2v) is 11.4. The number of carbonyl (C=O) groups is 1. The van der Waals surface area contributed by atoms with Gasteiger partial charge in [0.25, 0.3) is 15.9 Å². The third-order valence-corrected chi connectivity index (χ3v) is 8.33. The van der Waals surface area contributed by atoms with Crippen molar-refractivity contribution in [3.05, 3.63) is 92.4 Å². The zero-order chi connectivity index (χ0) is 25.6. The van der Waals surface area contributed by atoms with E-state index < -0.39 is 10.0 Å². The van der Waals surface area contributed by atoms with Crippen LogP contribution in [0, 0.1) is 0 Å². The Kier molecular flexibility index (Phi) is 9.61. The van der Waals surface area contributed by atoms with E-state index in [1.165, 1.54) is 24.3 Å². The molecule has 0 fully saturated rings. The number of benzene rings is 3. The summed E-state index contributed by atoms with van der Waals surface area (Å²) in [4.78, 5) is 15.3. The summed E-state index contributed by atoms with van der Waals surface area (Å²) in [7, 11) is -3.95. The number of hydrogen-bond donors (Lipinski definition) is 2. The lowest BCUT2D eigenvalue weighted by molar-refractivity contribution is 0.0659. The molecule has 0 spiro atoms. The second-order valence-electron chi connectivity index (χ2n) is 8.00. The van der Waals surface area contributed by atoms with Gasteiger partial charge in [0.05, 0.1) is 14.9 Å². The van der Waals surface area contributed by atoms with E-state index in [0.29, 0.717) is 24.9 Å². The van der Waals surface area contributed by atoms with Crippen LogP contribution in [0.5, 0.6) is 0 Å². The van der Waals surface area contributed by atoms with Gasteiger partial charge in [0.1, 0.15) is 0 Å². The fourth-order valence-corrected chi connectivity index (χ4v) is 5.37. The summed E-state index contributed by atoms with van der Waals surface area (Å²) in [5.74, 6) is -0.248. The molecular formula is C25H25BrCl2N2O4S. The average Bonchev–Trinajstić information content (AvgIpc) is 2.83. The van der Waals surface area contributed by atoms with E-state index in [-0.39, 0.29) is 39.2 Å². The Bertz CT molecular complexity index is 1300. The molecule has 0 heterocycles. The Morgan fingerprint density at radius 2 is 1.80 bits per heavy atom. The fourth-order valence-electron chi connectivity index (χ4n) is 3.52. The minimum atomic E-state index is -3.95. The lowest BCUT2D eigenvalue weighted by Crippen LogP contribution is -2.38. The molecule has 186 valence electrons. The van der Waals surface area contributed by atoms with Crippen molar-refractivity contribution >= 4 is 60.7 Å². The molecule has 0 aliphatic carbocycles. The normalized spacial score (nSPS) is 12.3. The van der Waals surface area contributed by atoms with E-state index in [0.717, 1.165) is 10.0 Å². The van der Waals surface area contributed by atoms with Gasteiger partial charge in [-0.05, 0) is 67.8 Å². The van der Waals surface area contributed by atoms with Crippen LogP contribution in [-0.2, 0) is 16.6 Å². The highest BCUT2D eigenvalue weighted by Gasteiger charge is 2.23. The molecule has 0 aromatic heterocycles. The van der Waals surface area contributed by atoms with Gasteiger partial charge in [0, 0.05) is 34.9 Å². The number of sulfonamides is 1. The lowest BCUT2D eigenvalue weighted by Gasteiger charge is -2.30. The highest BCUT2D eigenvalue weighted by molar-refractivity contribution is 9.10. The van der Waals surface area contributed by atoms with E-state index >= 15 is 0 Å². The van der Waals surface area contributed by atoms with Crippen LogP contribution < -0.4 is 4.72 Å². The molecule has 1 unspecified atom stereocenters. The van der Waals surface area contributed by atoms with Gasteiger partial charge in [-0.3, -0.25) is 9.52 Å². The summed E-state index contributed by atoms with van der Waals surface area (Å²) < 4.78 is 29.1. The van der Waals surface area contributed by atoms with Gasteiger partial charge in [-0.1, -0.05) is 63.4 Å². The Balaban J connectivity index is 1.88. The number of anilines is 1. The predicted octanol–water partition coefficient (Wildman–Crippen LogP) is 6.36. The van der Waals surface area contributed by atoms with Gasteiger partial charge in [0.15, 0.2) is 0 Å². The summed E-state index contributed by atoms with van der Waals surface area (Å²) in [5.41, 5.74) is 1.51. The number of nitrogens with zero attached hydrogens (tertiary/aromatic N) is 1. The molecule has 0 aliphatic heterocycles. The van der Waals surface area contributed by atoms with Crippen molar-refractivity contribution in [2.75, 3.05) is 11.3 Å². The Morgan fingerprint density at radius 1 is 1.06 bits per heavy atom. The molecule has 0 aliphatic rings. The first-order chi connectivity index (χ1) is 16.6. The molecule has 0 saturated heterocycles. The van der Waals surface area contributed by atoms with Crippen molar-refractivity contribution in [3.8, 4) is 0 Å². The number of rotatable bonds is 10. The van der Waals surface area contributed by atoms with Crippen LogP contribution in [0.2, 0.25) is 10.0 Å². The standard InChI is InChI=1S/C25H25BrCl2N2O4S/c1-17(6-5-13-31)30(16-19-7-2-3-10-22(19)26)25(32)18-8-4-9-20(14-18)29-35(33,34)21-11-12-23(27)24(28)15-21/h2-4,7-12,14-15,17,29,31H,5-6,13,16H2,1H3. The van der Waals surface area contributed by atoms with E-state index in [9.17, 15) is 18.3 Å². The summed E-state index contributed by atoms with van der Waals surface area (Å²) in [6, 6.07) is 17.9. The van der Waals surface area contributed by atoms with Crippen LogP contribution in [-0.4, -0.2) is 37.0 Å². The smallest absolute Gasteiger partial charge is 0.261 e. The largest absolute Gasteiger partial charge is 0.396 e. The monoisotopic (exact) mass is 598 g/mol. The van der Waals surface area contributed by atoms with Crippen molar-refractivity contribution in [2.45, 2.75) is 37.2 Å². The number of aliphatic hydroxyl groups excluding tert-OH is 1. The minimum Gasteiger partial charge on any atom is -0.396 e. The Morgan fingerprint density at radius 3 is 2.49 bits per heavy atom. The number of amides is 1. The van der Waals surface area contributed by atoms with Crippen molar-refractivity contribution in [1.82, 2.24) is 4.90 Å². The molecule has 0 radical (unpaired) electrons. The SMILES string of the molecule is CC(CCCO)N(Cc1ccccc1Br)C(=O)c1cccc(NS(=O)(=O)c2ccc(Cl)c(Cl)c2)c1. The summed E-state index contributed by atoms with van der Waals surface area (Å²) in [5, 5.41) is 9.64. The molecule has 10 heteroatoms. The van der Waals surface area contributed by atoms with Gasteiger partial charge in [0.2, 0.25) is 0 Å². The van der Waals surface area contributed by atoms with Crippen molar-refractivity contribution in [2.24, 2.45) is 0 Å². The molecule has 3 rings (SSSR count). The minimum absolute atomic E-state index is 0.0351. The molecule has 0 saturated carbocycles. The van der Waals surface area contributed by atoms with E-state index in [1.807, 2.05) is 31.2 Å². The quantitative estimate of drug-likeness (QED) is 0.284. The van der Waals surface area contributed by atoms with E-state index in [4.69, 9.17) is 23.2 Å². The number of nitrogens with one attached hydrogen (secondary N) is 1.